The summed E-state index contributed by atoms with van der Waals surface area (Å²) < 4.78 is 0. The summed E-state index contributed by atoms with van der Waals surface area (Å²) in [6, 6.07) is 13.0. The van der Waals surface area contributed by atoms with E-state index in [1.165, 1.54) is 36.9 Å². The summed E-state index contributed by atoms with van der Waals surface area (Å²) in [5, 5.41) is 0. The number of nitrogens with zero attached hydrogens (tertiary/aromatic N) is 2. The van der Waals surface area contributed by atoms with E-state index in [0.717, 1.165) is 17.9 Å². The predicted molar refractivity (Wildman–Crippen MR) is 124 cm³/mol. The van der Waals surface area contributed by atoms with Crippen molar-refractivity contribution in [2.45, 2.75) is 71.9 Å². The van der Waals surface area contributed by atoms with E-state index in [2.05, 4.69) is 80.3 Å². The number of nitrogens with one attached hydrogen (secondary N) is 1. The van der Waals surface area contributed by atoms with Crippen molar-refractivity contribution in [2.24, 2.45) is 17.5 Å². The van der Waals surface area contributed by atoms with Crippen LogP contribution in [-0.4, -0.2) is 11.5 Å². The highest BCUT2D eigenvalue weighted by molar-refractivity contribution is 5.64. The number of benzene rings is 1. The molecular weight excluding hydrogens is 358 g/mol. The van der Waals surface area contributed by atoms with Gasteiger partial charge in [-0.15, -0.1) is 0 Å². The highest BCUT2D eigenvalue weighted by Crippen LogP contribution is 2.31. The number of aromatic nitrogens is 1. The molecule has 5 heteroatoms. The molecule has 5 nitrogen and oxygen atoms in total. The smallest absolute Gasteiger partial charge is 0.111 e. The third-order valence-electron chi connectivity index (χ3n) is 5.60. The Balaban J connectivity index is 2.40. The van der Waals surface area contributed by atoms with E-state index >= 15 is 0 Å². The Morgan fingerprint density at radius 1 is 1.07 bits per heavy atom. The van der Waals surface area contributed by atoms with Gasteiger partial charge >= 0.3 is 0 Å². The number of hydrogen-bond donors (Lipinski definition) is 3. The summed E-state index contributed by atoms with van der Waals surface area (Å²) in [6.07, 6.45) is 6.23. The Morgan fingerprint density at radius 2 is 1.76 bits per heavy atom. The van der Waals surface area contributed by atoms with E-state index in [-0.39, 0.29) is 5.41 Å². The van der Waals surface area contributed by atoms with Gasteiger partial charge in [-0.2, -0.15) is 0 Å². The van der Waals surface area contributed by atoms with Crippen molar-refractivity contribution in [3.05, 3.63) is 53.9 Å². The van der Waals surface area contributed by atoms with Crippen LogP contribution in [0.25, 0.3) is 0 Å². The molecule has 2 rings (SSSR count). The lowest BCUT2D eigenvalue weighted by molar-refractivity contribution is 0.458. The van der Waals surface area contributed by atoms with E-state index in [1.54, 1.807) is 0 Å². The van der Waals surface area contributed by atoms with Crippen LogP contribution in [0.4, 0.5) is 11.4 Å². The molecule has 0 fully saturated rings. The Bertz CT molecular complexity index is 736. The maximum Gasteiger partial charge on any atom is 0.111 e. The Morgan fingerprint density at radius 3 is 2.31 bits per heavy atom. The number of hydrazine groups is 1. The van der Waals surface area contributed by atoms with Gasteiger partial charge in [0, 0.05) is 24.1 Å². The Hall–Kier alpha value is -1.95. The molecule has 1 heterocycles. The highest BCUT2D eigenvalue weighted by atomic mass is 15.3. The van der Waals surface area contributed by atoms with Crippen LogP contribution in [0.3, 0.4) is 0 Å². The first-order valence-corrected chi connectivity index (χ1v) is 10.9. The van der Waals surface area contributed by atoms with E-state index in [4.69, 9.17) is 11.6 Å². The van der Waals surface area contributed by atoms with Crippen LogP contribution in [0.15, 0.2) is 42.6 Å². The van der Waals surface area contributed by atoms with Crippen molar-refractivity contribution in [3.8, 4) is 0 Å². The van der Waals surface area contributed by atoms with E-state index in [1.807, 2.05) is 12.3 Å². The van der Waals surface area contributed by atoms with Crippen molar-refractivity contribution >= 4 is 11.4 Å². The van der Waals surface area contributed by atoms with Crippen molar-refractivity contribution in [2.75, 3.05) is 11.4 Å². The minimum absolute atomic E-state index is 0.139. The lowest BCUT2D eigenvalue weighted by Crippen LogP contribution is -2.35. The molecule has 0 aliphatic rings. The summed E-state index contributed by atoms with van der Waals surface area (Å²) in [5.74, 6) is 6.16. The van der Waals surface area contributed by atoms with Gasteiger partial charge in [0.15, 0.2) is 0 Å². The fourth-order valence-corrected chi connectivity index (χ4v) is 3.54. The maximum absolute atomic E-state index is 6.05. The Labute approximate surface area is 176 Å². The maximum atomic E-state index is 6.05. The molecule has 29 heavy (non-hydrogen) atoms. The number of hydrogen-bond acceptors (Lipinski definition) is 5. The standard InChI is InChI=1S/C24H39N5/c1-6-8-9-18(7-2)17-29(20-12-10-19(11-13-20)24(3,4)5)21-14-15-27-22(16-21)23(25)28-26/h10-16,18,23,28H,6-9,17,25-26H2,1-5H3. The van der Waals surface area contributed by atoms with E-state index in [9.17, 15) is 0 Å². The molecule has 1 aromatic carbocycles. The van der Waals surface area contributed by atoms with Gasteiger partial charge in [-0.1, -0.05) is 66.0 Å². The Kier molecular flexibility index (Phi) is 8.62. The molecule has 0 saturated carbocycles. The predicted octanol–water partition coefficient (Wildman–Crippen LogP) is 5.15. The molecular formula is C24H39N5. The fourth-order valence-electron chi connectivity index (χ4n) is 3.54. The van der Waals surface area contributed by atoms with Gasteiger partial charge in [0.2, 0.25) is 0 Å². The van der Waals surface area contributed by atoms with Gasteiger partial charge in [0.05, 0.1) is 5.69 Å². The fraction of sp³-hybridized carbons (Fsp3) is 0.542. The molecule has 0 radical (unpaired) electrons. The SMILES string of the molecule is CCCCC(CC)CN(c1ccc(C(C)(C)C)cc1)c1ccnc(C(N)NN)c1. The van der Waals surface area contributed by atoms with E-state index in [0.29, 0.717) is 5.92 Å². The first-order chi connectivity index (χ1) is 13.8. The zero-order valence-electron chi connectivity index (χ0n) is 18.8. The van der Waals surface area contributed by atoms with Gasteiger partial charge in [-0.25, -0.2) is 5.43 Å². The van der Waals surface area contributed by atoms with Crippen LogP contribution < -0.4 is 21.9 Å². The second kappa shape index (κ2) is 10.7. The molecule has 2 atom stereocenters. The lowest BCUT2D eigenvalue weighted by Gasteiger charge is -2.30. The third kappa shape index (κ3) is 6.53. The van der Waals surface area contributed by atoms with Crippen LogP contribution in [-0.2, 0) is 5.41 Å². The lowest BCUT2D eigenvalue weighted by atomic mass is 9.87. The minimum Gasteiger partial charge on any atom is -0.341 e. The normalized spacial score (nSPS) is 13.9. The topological polar surface area (TPSA) is 80.2 Å². The molecule has 160 valence electrons. The molecule has 0 aliphatic carbocycles. The first-order valence-electron chi connectivity index (χ1n) is 10.9. The summed E-state index contributed by atoms with van der Waals surface area (Å²) in [4.78, 5) is 6.78. The average molecular weight is 398 g/mol. The number of rotatable bonds is 10. The third-order valence-corrected chi connectivity index (χ3v) is 5.60. The van der Waals surface area contributed by atoms with Crippen molar-refractivity contribution in [3.63, 3.8) is 0 Å². The van der Waals surface area contributed by atoms with Gasteiger partial charge < -0.3 is 10.6 Å². The first kappa shape index (κ1) is 23.3. The molecule has 2 aromatic rings. The van der Waals surface area contributed by atoms with Crippen LogP contribution in [0.5, 0.6) is 0 Å². The average Bonchev–Trinajstić information content (AvgIpc) is 2.73. The zero-order chi connectivity index (χ0) is 21.4. The molecule has 5 N–H and O–H groups in total. The molecule has 0 spiro atoms. The minimum atomic E-state index is -0.484. The molecule has 2 unspecified atom stereocenters. The van der Waals surface area contributed by atoms with Crippen molar-refractivity contribution < 1.29 is 0 Å². The van der Waals surface area contributed by atoms with Crippen LogP contribution in [0, 0.1) is 5.92 Å². The van der Waals surface area contributed by atoms with Gasteiger partial charge in [0.1, 0.15) is 6.17 Å². The van der Waals surface area contributed by atoms with Crippen molar-refractivity contribution in [1.29, 1.82) is 0 Å². The van der Waals surface area contributed by atoms with Crippen LogP contribution >= 0.6 is 0 Å². The van der Waals surface area contributed by atoms with Crippen molar-refractivity contribution in [1.82, 2.24) is 10.4 Å². The largest absolute Gasteiger partial charge is 0.341 e. The van der Waals surface area contributed by atoms with Crippen LogP contribution in [0.2, 0.25) is 0 Å². The molecule has 0 bridgehead atoms. The van der Waals surface area contributed by atoms with Crippen LogP contribution in [0.1, 0.15) is 77.7 Å². The summed E-state index contributed by atoms with van der Waals surface area (Å²) >= 11 is 0. The number of unbranched alkanes of at least 4 members (excludes halogenated alkanes) is 1. The molecule has 0 amide bonds. The van der Waals surface area contributed by atoms with Gasteiger partial charge in [0.25, 0.3) is 0 Å². The second-order valence-corrected chi connectivity index (χ2v) is 8.91. The molecule has 1 aromatic heterocycles. The monoisotopic (exact) mass is 397 g/mol. The van der Waals surface area contributed by atoms with Gasteiger partial charge in [-0.05, 0) is 47.6 Å². The summed E-state index contributed by atoms with van der Waals surface area (Å²) in [7, 11) is 0. The molecule has 0 aliphatic heterocycles. The number of anilines is 2. The molecule has 0 saturated heterocycles. The highest BCUT2D eigenvalue weighted by Gasteiger charge is 2.19. The summed E-state index contributed by atoms with van der Waals surface area (Å²) in [5.41, 5.74) is 13.1. The number of pyridine rings is 1. The zero-order valence-corrected chi connectivity index (χ0v) is 18.8. The quantitative estimate of drug-likeness (QED) is 0.293. The second-order valence-electron chi connectivity index (χ2n) is 8.91. The van der Waals surface area contributed by atoms with Gasteiger partial charge in [-0.3, -0.25) is 10.8 Å². The number of nitrogens with two attached hydrogens (primary N) is 2. The summed E-state index contributed by atoms with van der Waals surface area (Å²) in [6.45, 7) is 12.2. The van der Waals surface area contributed by atoms with E-state index < -0.39 is 6.17 Å².